The number of hydrogen-bond acceptors (Lipinski definition) is 4. The molecule has 3 rings (SSSR count). The quantitative estimate of drug-likeness (QED) is 0.779. The average molecular weight is 297 g/mol. The molecule has 0 atom stereocenters. The van der Waals surface area contributed by atoms with E-state index in [1.54, 1.807) is 0 Å². The first-order chi connectivity index (χ1) is 10.1. The number of nitrogens with zero attached hydrogens (tertiary/aromatic N) is 1. The van der Waals surface area contributed by atoms with Crippen molar-refractivity contribution in [2.24, 2.45) is 0 Å². The normalized spacial score (nSPS) is 10.7. The Labute approximate surface area is 126 Å². The van der Waals surface area contributed by atoms with E-state index in [-0.39, 0.29) is 5.91 Å². The summed E-state index contributed by atoms with van der Waals surface area (Å²) in [6.45, 7) is 1.97. The Bertz CT molecular complexity index is 796. The molecule has 0 aliphatic heterocycles. The number of anilines is 2. The maximum Gasteiger partial charge on any atom is 0.228 e. The molecular formula is C16H15N3OS. The number of carbonyl (C=O) groups excluding carboxylic acids is 1. The molecule has 0 saturated carbocycles. The number of nitrogens with one attached hydrogen (secondary N) is 1. The number of nitrogen functional groups attached to an aromatic ring is 1. The fourth-order valence-electron chi connectivity index (χ4n) is 2.27. The first-order valence-electron chi connectivity index (χ1n) is 6.62. The van der Waals surface area contributed by atoms with Gasteiger partial charge in [0.2, 0.25) is 5.91 Å². The summed E-state index contributed by atoms with van der Waals surface area (Å²) in [5.74, 6) is -0.0302. The van der Waals surface area contributed by atoms with Crippen molar-refractivity contribution in [1.82, 2.24) is 4.98 Å². The third-order valence-corrected chi connectivity index (χ3v) is 4.02. The van der Waals surface area contributed by atoms with Gasteiger partial charge in [0.1, 0.15) is 0 Å². The monoisotopic (exact) mass is 297 g/mol. The van der Waals surface area contributed by atoms with Crippen LogP contribution < -0.4 is 11.1 Å². The van der Waals surface area contributed by atoms with Crippen LogP contribution in [-0.4, -0.2) is 10.9 Å². The van der Waals surface area contributed by atoms with Gasteiger partial charge < -0.3 is 11.1 Å². The number of fused-ring (bicyclic) bond motifs is 1. The highest BCUT2D eigenvalue weighted by Crippen LogP contribution is 2.29. The van der Waals surface area contributed by atoms with E-state index in [9.17, 15) is 4.79 Å². The maximum absolute atomic E-state index is 12.1. The molecule has 0 aliphatic rings. The van der Waals surface area contributed by atoms with E-state index in [4.69, 9.17) is 5.73 Å². The van der Waals surface area contributed by atoms with Gasteiger partial charge in [-0.1, -0.05) is 41.7 Å². The van der Waals surface area contributed by atoms with E-state index in [1.807, 2.05) is 49.4 Å². The van der Waals surface area contributed by atoms with E-state index in [0.717, 1.165) is 27.0 Å². The van der Waals surface area contributed by atoms with Gasteiger partial charge in [-0.3, -0.25) is 4.79 Å². The minimum Gasteiger partial charge on any atom is -0.375 e. The third-order valence-electron chi connectivity index (χ3n) is 3.19. The number of carbonyl (C=O) groups is 1. The van der Waals surface area contributed by atoms with Gasteiger partial charge in [-0.05, 0) is 30.2 Å². The lowest BCUT2D eigenvalue weighted by molar-refractivity contribution is -0.115. The maximum atomic E-state index is 12.1. The highest BCUT2D eigenvalue weighted by atomic mass is 32.1. The molecule has 1 amide bonds. The topological polar surface area (TPSA) is 68.0 Å². The Morgan fingerprint density at radius 3 is 2.81 bits per heavy atom. The van der Waals surface area contributed by atoms with Gasteiger partial charge in [-0.25, -0.2) is 4.98 Å². The number of rotatable bonds is 3. The Morgan fingerprint density at radius 2 is 2.05 bits per heavy atom. The van der Waals surface area contributed by atoms with Crippen molar-refractivity contribution in [2.45, 2.75) is 13.3 Å². The van der Waals surface area contributed by atoms with Crippen molar-refractivity contribution >= 4 is 38.3 Å². The highest BCUT2D eigenvalue weighted by molar-refractivity contribution is 7.22. The molecule has 0 radical (unpaired) electrons. The van der Waals surface area contributed by atoms with Crippen molar-refractivity contribution in [3.8, 4) is 0 Å². The van der Waals surface area contributed by atoms with Gasteiger partial charge in [0.15, 0.2) is 5.13 Å². The lowest BCUT2D eigenvalue weighted by Gasteiger charge is -2.07. The van der Waals surface area contributed by atoms with Crippen LogP contribution in [0.5, 0.6) is 0 Å². The summed E-state index contributed by atoms with van der Waals surface area (Å²) in [7, 11) is 0. The summed E-state index contributed by atoms with van der Waals surface area (Å²) in [5, 5.41) is 3.47. The standard InChI is InChI=1S/C16H15N3OS/c1-10-7-12(9-13-15(10)19-16(17)21-13)18-14(20)8-11-5-3-2-4-6-11/h2-7,9H,8H2,1H3,(H2,17,19)(H,18,20). The van der Waals surface area contributed by atoms with E-state index < -0.39 is 0 Å². The van der Waals surface area contributed by atoms with Gasteiger partial charge >= 0.3 is 0 Å². The Balaban J connectivity index is 1.80. The fourth-order valence-corrected chi connectivity index (χ4v) is 3.12. The second-order valence-electron chi connectivity index (χ2n) is 4.90. The number of aromatic nitrogens is 1. The molecule has 3 N–H and O–H groups in total. The van der Waals surface area contributed by atoms with Gasteiger partial charge in [-0.15, -0.1) is 0 Å². The summed E-state index contributed by atoms with van der Waals surface area (Å²) < 4.78 is 0.988. The molecule has 0 unspecified atom stereocenters. The zero-order valence-corrected chi connectivity index (χ0v) is 12.4. The van der Waals surface area contributed by atoms with E-state index >= 15 is 0 Å². The molecule has 21 heavy (non-hydrogen) atoms. The van der Waals surface area contributed by atoms with Crippen molar-refractivity contribution in [2.75, 3.05) is 11.1 Å². The molecule has 0 bridgehead atoms. The summed E-state index contributed by atoms with van der Waals surface area (Å²) in [6, 6.07) is 13.5. The first kappa shape index (κ1) is 13.6. The molecule has 106 valence electrons. The van der Waals surface area contributed by atoms with E-state index in [1.165, 1.54) is 11.3 Å². The lowest BCUT2D eigenvalue weighted by Crippen LogP contribution is -2.14. The molecule has 2 aromatic carbocycles. The van der Waals surface area contributed by atoms with Crippen LogP contribution in [-0.2, 0) is 11.2 Å². The molecule has 0 spiro atoms. The van der Waals surface area contributed by atoms with E-state index in [0.29, 0.717) is 11.6 Å². The number of hydrogen-bond donors (Lipinski definition) is 2. The van der Waals surface area contributed by atoms with Crippen LogP contribution in [0, 0.1) is 6.92 Å². The van der Waals surface area contributed by atoms with Gasteiger partial charge in [-0.2, -0.15) is 0 Å². The zero-order chi connectivity index (χ0) is 14.8. The SMILES string of the molecule is Cc1cc(NC(=O)Cc2ccccc2)cc2sc(N)nc12. The molecule has 3 aromatic rings. The van der Waals surface area contributed by atoms with Crippen LogP contribution in [0.4, 0.5) is 10.8 Å². The van der Waals surface area contributed by atoms with Crippen LogP contribution in [0.2, 0.25) is 0 Å². The molecule has 4 nitrogen and oxygen atoms in total. The third kappa shape index (κ3) is 3.03. The average Bonchev–Trinajstić information content (AvgIpc) is 2.81. The molecule has 0 aliphatic carbocycles. The number of aryl methyl sites for hydroxylation is 1. The molecule has 1 aromatic heterocycles. The lowest BCUT2D eigenvalue weighted by atomic mass is 10.1. The molecule has 1 heterocycles. The molecular weight excluding hydrogens is 282 g/mol. The highest BCUT2D eigenvalue weighted by Gasteiger charge is 2.09. The first-order valence-corrected chi connectivity index (χ1v) is 7.44. The minimum atomic E-state index is -0.0302. The number of thiazole rings is 1. The second-order valence-corrected chi connectivity index (χ2v) is 5.96. The Kier molecular flexibility index (Phi) is 3.58. The number of amides is 1. The summed E-state index contributed by atoms with van der Waals surface area (Å²) in [5.41, 5.74) is 9.42. The van der Waals surface area contributed by atoms with Gasteiger partial charge in [0.05, 0.1) is 16.6 Å². The number of nitrogens with two attached hydrogens (primary N) is 1. The molecule has 5 heteroatoms. The van der Waals surface area contributed by atoms with Crippen molar-refractivity contribution in [1.29, 1.82) is 0 Å². The summed E-state index contributed by atoms with van der Waals surface area (Å²) in [4.78, 5) is 16.4. The minimum absolute atomic E-state index is 0.0302. The predicted molar refractivity (Wildman–Crippen MR) is 87.5 cm³/mol. The van der Waals surface area contributed by atoms with Crippen LogP contribution in [0.15, 0.2) is 42.5 Å². The molecule has 0 fully saturated rings. The van der Waals surface area contributed by atoms with E-state index in [2.05, 4.69) is 10.3 Å². The summed E-state index contributed by atoms with van der Waals surface area (Å²) in [6.07, 6.45) is 0.364. The number of benzene rings is 2. The smallest absolute Gasteiger partial charge is 0.228 e. The van der Waals surface area contributed by atoms with Gasteiger partial charge in [0, 0.05) is 5.69 Å². The largest absolute Gasteiger partial charge is 0.375 e. The van der Waals surface area contributed by atoms with Crippen LogP contribution in [0.3, 0.4) is 0 Å². The second kappa shape index (κ2) is 5.54. The zero-order valence-electron chi connectivity index (χ0n) is 11.6. The Hall–Kier alpha value is -2.40. The Morgan fingerprint density at radius 1 is 1.29 bits per heavy atom. The predicted octanol–water partition coefficient (Wildman–Crippen LogP) is 3.37. The van der Waals surface area contributed by atoms with Crippen molar-refractivity contribution in [3.63, 3.8) is 0 Å². The van der Waals surface area contributed by atoms with Crippen LogP contribution >= 0.6 is 11.3 Å². The van der Waals surface area contributed by atoms with Crippen molar-refractivity contribution in [3.05, 3.63) is 53.6 Å². The van der Waals surface area contributed by atoms with Crippen LogP contribution in [0.25, 0.3) is 10.2 Å². The van der Waals surface area contributed by atoms with Crippen LogP contribution in [0.1, 0.15) is 11.1 Å². The molecule has 0 saturated heterocycles. The fraction of sp³-hybridized carbons (Fsp3) is 0.125. The van der Waals surface area contributed by atoms with Gasteiger partial charge in [0.25, 0.3) is 0 Å². The van der Waals surface area contributed by atoms with Crippen molar-refractivity contribution < 1.29 is 4.79 Å². The summed E-state index contributed by atoms with van der Waals surface area (Å²) >= 11 is 1.43.